The molecule has 0 radical (unpaired) electrons. The SMILES string of the molecule is CCC(C)C(C(CC(=O)N1CCCC1C(SCCO)C(C)C(=O)NCCc1ccccc1)OC)N(C)C(=O)C(NC(=O)C(C(C)C)N(C)C)C(C)C. The smallest absolute Gasteiger partial charge is 0.245 e. The number of hydrogen-bond donors (Lipinski definition) is 3. The third-order valence-corrected chi connectivity index (χ3v) is 12.2. The van der Waals surface area contributed by atoms with E-state index in [1.165, 1.54) is 0 Å². The number of rotatable bonds is 22. The zero-order valence-electron chi connectivity index (χ0n) is 33.8. The normalized spacial score (nSPS) is 18.8. The molecule has 52 heavy (non-hydrogen) atoms. The first-order valence-corrected chi connectivity index (χ1v) is 20.3. The van der Waals surface area contributed by atoms with Gasteiger partial charge < -0.3 is 30.3 Å². The molecule has 1 aromatic carbocycles. The van der Waals surface area contributed by atoms with Gasteiger partial charge in [0, 0.05) is 50.2 Å². The molecular formula is C40H69N5O6S. The maximum absolute atomic E-state index is 14.2. The fourth-order valence-corrected chi connectivity index (χ4v) is 8.92. The molecule has 1 saturated heterocycles. The Bertz CT molecular complexity index is 1240. The number of aliphatic hydroxyl groups is 1. The lowest BCUT2D eigenvalue weighted by Gasteiger charge is -2.41. The highest BCUT2D eigenvalue weighted by Gasteiger charge is 2.43. The van der Waals surface area contributed by atoms with E-state index in [9.17, 15) is 24.3 Å². The van der Waals surface area contributed by atoms with E-state index in [0.717, 1.165) is 31.2 Å². The van der Waals surface area contributed by atoms with Crippen LogP contribution in [0.1, 0.15) is 79.7 Å². The second-order valence-corrected chi connectivity index (χ2v) is 16.6. The van der Waals surface area contributed by atoms with Crippen LogP contribution in [0.4, 0.5) is 0 Å². The summed E-state index contributed by atoms with van der Waals surface area (Å²) in [5.74, 6) is -0.555. The lowest BCUT2D eigenvalue weighted by atomic mass is 9.89. The number of likely N-dealkylation sites (tertiary alicyclic amines) is 1. The molecule has 296 valence electrons. The van der Waals surface area contributed by atoms with Crippen molar-refractivity contribution >= 4 is 35.4 Å². The number of benzene rings is 1. The van der Waals surface area contributed by atoms with Gasteiger partial charge in [0.2, 0.25) is 23.6 Å². The highest BCUT2D eigenvalue weighted by Crippen LogP contribution is 2.34. The number of carbonyl (C=O) groups is 4. The molecule has 1 aliphatic heterocycles. The summed E-state index contributed by atoms with van der Waals surface area (Å²) in [6.07, 6.45) is 2.56. The average molecular weight is 748 g/mol. The van der Waals surface area contributed by atoms with Crippen LogP contribution in [0.2, 0.25) is 0 Å². The maximum atomic E-state index is 14.2. The van der Waals surface area contributed by atoms with Gasteiger partial charge in [0.1, 0.15) is 6.04 Å². The molecule has 4 amide bonds. The molecular weight excluding hydrogens is 679 g/mol. The fraction of sp³-hybridized carbons (Fsp3) is 0.750. The van der Waals surface area contributed by atoms with Crippen LogP contribution >= 0.6 is 11.8 Å². The number of thioether (sulfide) groups is 1. The van der Waals surface area contributed by atoms with Crippen molar-refractivity contribution in [2.24, 2.45) is 23.7 Å². The Kier molecular flexibility index (Phi) is 19.7. The minimum absolute atomic E-state index is 0.00207. The average Bonchev–Trinajstić information content (AvgIpc) is 3.59. The molecule has 8 atom stereocenters. The first kappa shape index (κ1) is 45.5. The van der Waals surface area contributed by atoms with E-state index >= 15 is 0 Å². The van der Waals surface area contributed by atoms with Crippen molar-refractivity contribution < 1.29 is 29.0 Å². The van der Waals surface area contributed by atoms with Crippen LogP contribution in [-0.4, -0.2) is 133 Å². The van der Waals surface area contributed by atoms with Crippen molar-refractivity contribution in [3.8, 4) is 0 Å². The maximum Gasteiger partial charge on any atom is 0.245 e. The van der Waals surface area contributed by atoms with Crippen molar-refractivity contribution in [1.82, 2.24) is 25.3 Å². The summed E-state index contributed by atoms with van der Waals surface area (Å²) in [5.41, 5.74) is 1.15. The molecule has 1 aliphatic rings. The summed E-state index contributed by atoms with van der Waals surface area (Å²) in [6.45, 7) is 14.9. The third-order valence-electron chi connectivity index (χ3n) is 10.6. The number of methoxy groups -OCH3 is 1. The van der Waals surface area contributed by atoms with E-state index in [1.54, 1.807) is 30.8 Å². The van der Waals surface area contributed by atoms with Gasteiger partial charge in [-0.15, -0.1) is 0 Å². The van der Waals surface area contributed by atoms with Crippen molar-refractivity contribution in [2.75, 3.05) is 53.7 Å². The van der Waals surface area contributed by atoms with Crippen molar-refractivity contribution in [3.63, 3.8) is 0 Å². The van der Waals surface area contributed by atoms with Crippen LogP contribution in [0.3, 0.4) is 0 Å². The molecule has 1 aromatic rings. The topological polar surface area (TPSA) is 132 Å². The molecule has 3 N–H and O–H groups in total. The second kappa shape index (κ2) is 22.5. The van der Waals surface area contributed by atoms with Crippen LogP contribution in [0.15, 0.2) is 30.3 Å². The molecule has 0 aromatic heterocycles. The molecule has 0 saturated carbocycles. The Morgan fingerprint density at radius 2 is 1.65 bits per heavy atom. The molecule has 0 spiro atoms. The van der Waals surface area contributed by atoms with Crippen LogP contribution in [-0.2, 0) is 30.3 Å². The number of aliphatic hydroxyl groups excluding tert-OH is 1. The highest BCUT2D eigenvalue weighted by atomic mass is 32.2. The summed E-state index contributed by atoms with van der Waals surface area (Å²) in [7, 11) is 7.06. The minimum atomic E-state index is -0.744. The zero-order chi connectivity index (χ0) is 39.1. The standard InChI is InChI=1S/C40H69N5O6S/c1-12-28(6)36(44(10)40(50)34(26(2)3)42-39(49)35(27(4)5)43(8)9)32(51-11)25-33(47)45-22-16-19-31(45)37(52-24-23-46)29(7)38(48)41-21-20-30-17-14-13-15-18-30/h13-15,17-18,26-29,31-32,34-37,46H,12,16,19-25H2,1-11H3,(H,41,48)(H,42,49). The number of hydrogen-bond acceptors (Lipinski definition) is 8. The molecule has 12 heteroatoms. The van der Waals surface area contributed by atoms with E-state index in [1.807, 2.05) is 88.8 Å². The quantitative estimate of drug-likeness (QED) is 0.162. The van der Waals surface area contributed by atoms with Gasteiger partial charge in [0.15, 0.2) is 0 Å². The Morgan fingerprint density at radius 1 is 1.00 bits per heavy atom. The van der Waals surface area contributed by atoms with E-state index in [-0.39, 0.29) is 77.7 Å². The Balaban J connectivity index is 2.27. The van der Waals surface area contributed by atoms with Gasteiger partial charge in [-0.2, -0.15) is 11.8 Å². The zero-order valence-corrected chi connectivity index (χ0v) is 34.6. The molecule has 0 bridgehead atoms. The van der Waals surface area contributed by atoms with E-state index < -0.39 is 18.2 Å². The monoisotopic (exact) mass is 747 g/mol. The molecule has 0 aliphatic carbocycles. The summed E-state index contributed by atoms with van der Waals surface area (Å²) in [4.78, 5) is 60.8. The predicted molar refractivity (Wildman–Crippen MR) is 211 cm³/mol. The van der Waals surface area contributed by atoms with Crippen LogP contribution < -0.4 is 10.6 Å². The molecule has 11 nitrogen and oxygen atoms in total. The van der Waals surface area contributed by atoms with Gasteiger partial charge in [0.25, 0.3) is 0 Å². The molecule has 1 fully saturated rings. The van der Waals surface area contributed by atoms with Gasteiger partial charge >= 0.3 is 0 Å². The molecule has 1 heterocycles. The van der Waals surface area contributed by atoms with E-state index in [2.05, 4.69) is 24.5 Å². The van der Waals surface area contributed by atoms with E-state index in [4.69, 9.17) is 4.74 Å². The number of carbonyl (C=O) groups excluding carboxylic acids is 4. The number of ether oxygens (including phenoxy) is 1. The summed E-state index contributed by atoms with van der Waals surface area (Å²) in [5, 5.41) is 15.7. The summed E-state index contributed by atoms with van der Waals surface area (Å²) in [6, 6.07) is 8.30. The Hall–Kier alpha value is -2.67. The Labute approximate surface area is 318 Å². The lowest BCUT2D eigenvalue weighted by Crippen LogP contribution is -2.59. The van der Waals surface area contributed by atoms with Gasteiger partial charge in [-0.3, -0.25) is 24.1 Å². The van der Waals surface area contributed by atoms with Gasteiger partial charge in [-0.1, -0.05) is 85.2 Å². The van der Waals surface area contributed by atoms with Crippen LogP contribution in [0.25, 0.3) is 0 Å². The van der Waals surface area contributed by atoms with Crippen molar-refractivity contribution in [1.29, 1.82) is 0 Å². The van der Waals surface area contributed by atoms with Crippen molar-refractivity contribution in [2.45, 2.75) is 116 Å². The first-order chi connectivity index (χ1) is 24.6. The second-order valence-electron chi connectivity index (χ2n) is 15.4. The van der Waals surface area contributed by atoms with Gasteiger partial charge in [-0.25, -0.2) is 0 Å². The van der Waals surface area contributed by atoms with Gasteiger partial charge in [0.05, 0.1) is 31.2 Å². The van der Waals surface area contributed by atoms with Crippen LogP contribution in [0, 0.1) is 23.7 Å². The van der Waals surface area contributed by atoms with Crippen LogP contribution in [0.5, 0.6) is 0 Å². The number of nitrogens with zero attached hydrogens (tertiary/aromatic N) is 3. The van der Waals surface area contributed by atoms with E-state index in [0.29, 0.717) is 18.8 Å². The predicted octanol–water partition coefficient (Wildman–Crippen LogP) is 4.07. The Morgan fingerprint density at radius 3 is 2.19 bits per heavy atom. The van der Waals surface area contributed by atoms with Crippen molar-refractivity contribution in [3.05, 3.63) is 35.9 Å². The number of amides is 4. The summed E-state index contributed by atoms with van der Waals surface area (Å²) < 4.78 is 6.05. The lowest BCUT2D eigenvalue weighted by molar-refractivity contribution is -0.146. The minimum Gasteiger partial charge on any atom is -0.396 e. The highest BCUT2D eigenvalue weighted by molar-refractivity contribution is 8.00. The van der Waals surface area contributed by atoms with Gasteiger partial charge in [-0.05, 0) is 56.7 Å². The molecule has 8 unspecified atom stereocenters. The number of likely N-dealkylation sites (N-methyl/N-ethyl adjacent to an activating group) is 2. The summed E-state index contributed by atoms with van der Waals surface area (Å²) >= 11 is 1.54. The number of nitrogens with one attached hydrogen (secondary N) is 2. The largest absolute Gasteiger partial charge is 0.396 e. The first-order valence-electron chi connectivity index (χ1n) is 19.2. The molecule has 2 rings (SSSR count). The fourth-order valence-electron chi connectivity index (χ4n) is 7.63. The third kappa shape index (κ3) is 12.7.